The number of nitrogens with zero attached hydrogens (tertiary/aromatic N) is 2. The third-order valence-corrected chi connectivity index (χ3v) is 6.85. The van der Waals surface area contributed by atoms with Crippen LogP contribution in [0, 0.1) is 19.8 Å². The lowest BCUT2D eigenvalue weighted by Gasteiger charge is -2.29. The molecule has 2 heteroatoms. The van der Waals surface area contributed by atoms with Crippen LogP contribution in [0.4, 0.5) is 0 Å². The van der Waals surface area contributed by atoms with Gasteiger partial charge in [0, 0.05) is 29.3 Å². The number of rotatable bonds is 3. The smallest absolute Gasteiger partial charge is 0.0727 e. The number of hydrogen-bond acceptors (Lipinski definition) is 2. The monoisotopic (exact) mass is 406 g/mol. The van der Waals surface area contributed by atoms with E-state index in [1.165, 1.54) is 64.4 Å². The summed E-state index contributed by atoms with van der Waals surface area (Å²) in [5.74, 6) is 1.20. The Bertz CT molecular complexity index is 1240. The molecule has 0 radical (unpaired) electrons. The Labute approximate surface area is 185 Å². The first kappa shape index (κ1) is 19.9. The fourth-order valence-corrected chi connectivity index (χ4v) is 5.14. The minimum atomic E-state index is 0.527. The molecule has 2 heterocycles. The molecule has 0 spiro atoms. The Morgan fingerprint density at radius 2 is 1.58 bits per heavy atom. The van der Waals surface area contributed by atoms with E-state index in [2.05, 4.69) is 80.4 Å². The Balaban J connectivity index is 1.71. The molecular weight excluding hydrogens is 376 g/mol. The lowest BCUT2D eigenvalue weighted by Crippen LogP contribution is -2.16. The van der Waals surface area contributed by atoms with Gasteiger partial charge in [-0.1, -0.05) is 68.1 Å². The Hall–Kier alpha value is -3.00. The second-order valence-corrected chi connectivity index (χ2v) is 9.32. The van der Waals surface area contributed by atoms with Crippen molar-refractivity contribution in [3.63, 3.8) is 0 Å². The van der Waals surface area contributed by atoms with E-state index in [0.717, 1.165) is 11.3 Å². The van der Waals surface area contributed by atoms with Gasteiger partial charge < -0.3 is 0 Å². The fourth-order valence-electron chi connectivity index (χ4n) is 5.14. The molecule has 156 valence electrons. The van der Waals surface area contributed by atoms with Gasteiger partial charge in [0.25, 0.3) is 0 Å². The van der Waals surface area contributed by atoms with Crippen LogP contribution in [0.3, 0.4) is 0 Å². The van der Waals surface area contributed by atoms with Crippen LogP contribution < -0.4 is 0 Å². The van der Waals surface area contributed by atoms with Gasteiger partial charge in [0.1, 0.15) is 0 Å². The molecule has 1 fully saturated rings. The summed E-state index contributed by atoms with van der Waals surface area (Å²) in [5, 5.41) is 2.58. The van der Waals surface area contributed by atoms with Crippen LogP contribution in [0.1, 0.15) is 55.3 Å². The van der Waals surface area contributed by atoms with Gasteiger partial charge in [0.2, 0.25) is 0 Å². The standard InChI is InChI=1S/C29H30N2/c1-19-7-6-9-22(13-19)23-11-12-27-24(15-23)16-28(25-14-20(2)17-30-18-25)31-29(27)26-10-5-4-8-21(26)3/h6-7,9,11-18,21,26H,4-5,8,10H2,1-3H3/t21-,26?/m0/s1. The zero-order valence-corrected chi connectivity index (χ0v) is 18.7. The van der Waals surface area contributed by atoms with Crippen LogP contribution in [-0.2, 0) is 0 Å². The average Bonchev–Trinajstić information content (AvgIpc) is 2.78. The maximum absolute atomic E-state index is 5.26. The van der Waals surface area contributed by atoms with E-state index in [-0.39, 0.29) is 0 Å². The highest BCUT2D eigenvalue weighted by molar-refractivity contribution is 5.92. The number of fused-ring (bicyclic) bond motifs is 1. The number of aryl methyl sites for hydroxylation is 2. The first-order chi connectivity index (χ1) is 15.1. The van der Waals surface area contributed by atoms with Crippen molar-refractivity contribution in [1.82, 2.24) is 9.97 Å². The summed E-state index contributed by atoms with van der Waals surface area (Å²) in [4.78, 5) is 9.70. The van der Waals surface area contributed by atoms with E-state index in [0.29, 0.717) is 11.8 Å². The molecule has 0 bridgehead atoms. The molecule has 2 nitrogen and oxygen atoms in total. The van der Waals surface area contributed by atoms with Crippen molar-refractivity contribution in [3.05, 3.63) is 83.8 Å². The molecule has 31 heavy (non-hydrogen) atoms. The second-order valence-electron chi connectivity index (χ2n) is 9.32. The molecule has 2 aromatic heterocycles. The summed E-state index contributed by atoms with van der Waals surface area (Å²) >= 11 is 0. The van der Waals surface area contributed by atoms with E-state index < -0.39 is 0 Å². The number of pyridine rings is 2. The largest absolute Gasteiger partial charge is 0.264 e. The van der Waals surface area contributed by atoms with E-state index >= 15 is 0 Å². The lowest BCUT2D eigenvalue weighted by atomic mass is 9.77. The van der Waals surface area contributed by atoms with Crippen LogP contribution in [-0.4, -0.2) is 9.97 Å². The third kappa shape index (κ3) is 3.99. The molecular formula is C29H30N2. The highest BCUT2D eigenvalue weighted by Gasteiger charge is 2.26. The number of hydrogen-bond donors (Lipinski definition) is 0. The Kier molecular flexibility index (Phi) is 5.31. The maximum Gasteiger partial charge on any atom is 0.0727 e. The van der Waals surface area contributed by atoms with Gasteiger partial charge >= 0.3 is 0 Å². The summed E-state index contributed by atoms with van der Waals surface area (Å²) in [7, 11) is 0. The summed E-state index contributed by atoms with van der Waals surface area (Å²) in [5.41, 5.74) is 8.40. The van der Waals surface area contributed by atoms with Crippen LogP contribution >= 0.6 is 0 Å². The Morgan fingerprint density at radius 3 is 2.39 bits per heavy atom. The summed E-state index contributed by atoms with van der Waals surface area (Å²) < 4.78 is 0. The maximum atomic E-state index is 5.26. The molecule has 2 atom stereocenters. The molecule has 0 aliphatic heterocycles. The molecule has 1 saturated carbocycles. The third-order valence-electron chi connectivity index (χ3n) is 6.85. The van der Waals surface area contributed by atoms with Gasteiger partial charge in [-0.3, -0.25) is 9.97 Å². The van der Waals surface area contributed by atoms with E-state index in [1.807, 2.05) is 12.4 Å². The first-order valence-corrected chi connectivity index (χ1v) is 11.5. The topological polar surface area (TPSA) is 25.8 Å². The van der Waals surface area contributed by atoms with Crippen molar-refractivity contribution in [2.45, 2.75) is 52.4 Å². The van der Waals surface area contributed by atoms with Crippen LogP contribution in [0.15, 0.2) is 67.0 Å². The minimum Gasteiger partial charge on any atom is -0.264 e. The quantitative estimate of drug-likeness (QED) is 0.346. The van der Waals surface area contributed by atoms with Gasteiger partial charge in [0.05, 0.1) is 11.4 Å². The van der Waals surface area contributed by atoms with E-state index in [1.54, 1.807) is 0 Å². The molecule has 1 unspecified atom stereocenters. The fraction of sp³-hybridized carbons (Fsp3) is 0.310. The molecule has 0 saturated heterocycles. The molecule has 4 aromatic rings. The second kappa shape index (κ2) is 8.26. The molecule has 1 aliphatic carbocycles. The first-order valence-electron chi connectivity index (χ1n) is 11.5. The van der Waals surface area contributed by atoms with Gasteiger partial charge in [-0.2, -0.15) is 0 Å². The van der Waals surface area contributed by atoms with Crippen molar-refractivity contribution in [3.8, 4) is 22.4 Å². The zero-order chi connectivity index (χ0) is 21.4. The molecule has 5 rings (SSSR count). The lowest BCUT2D eigenvalue weighted by molar-refractivity contribution is 0.327. The van der Waals surface area contributed by atoms with Crippen molar-refractivity contribution >= 4 is 10.8 Å². The van der Waals surface area contributed by atoms with Gasteiger partial charge in [-0.25, -0.2) is 0 Å². The van der Waals surface area contributed by atoms with E-state index in [9.17, 15) is 0 Å². The molecule has 1 aliphatic rings. The van der Waals surface area contributed by atoms with Crippen molar-refractivity contribution in [1.29, 1.82) is 0 Å². The zero-order valence-electron chi connectivity index (χ0n) is 18.7. The SMILES string of the molecule is Cc1cccc(-c2ccc3c(C4CCCC[C@@H]4C)nc(-c4cncc(C)c4)cc3c2)c1. The predicted octanol–water partition coefficient (Wildman–Crippen LogP) is 7.87. The molecule has 2 aromatic carbocycles. The highest BCUT2D eigenvalue weighted by Crippen LogP contribution is 2.41. The van der Waals surface area contributed by atoms with Gasteiger partial charge in [-0.05, 0) is 66.5 Å². The normalized spacial score (nSPS) is 18.9. The summed E-state index contributed by atoms with van der Waals surface area (Å²) in [6, 6.07) is 20.1. The minimum absolute atomic E-state index is 0.527. The highest BCUT2D eigenvalue weighted by atomic mass is 14.7. The van der Waals surface area contributed by atoms with E-state index in [4.69, 9.17) is 4.98 Å². The van der Waals surface area contributed by atoms with Crippen molar-refractivity contribution in [2.75, 3.05) is 0 Å². The van der Waals surface area contributed by atoms with Gasteiger partial charge in [-0.15, -0.1) is 0 Å². The van der Waals surface area contributed by atoms with Crippen molar-refractivity contribution < 1.29 is 0 Å². The van der Waals surface area contributed by atoms with Crippen LogP contribution in [0.2, 0.25) is 0 Å². The predicted molar refractivity (Wildman–Crippen MR) is 130 cm³/mol. The van der Waals surface area contributed by atoms with Gasteiger partial charge in [0.15, 0.2) is 0 Å². The molecule has 0 amide bonds. The number of benzene rings is 2. The summed E-state index contributed by atoms with van der Waals surface area (Å²) in [6.45, 7) is 6.65. The Morgan fingerprint density at radius 1 is 0.774 bits per heavy atom. The molecule has 0 N–H and O–H groups in total. The van der Waals surface area contributed by atoms with Crippen molar-refractivity contribution in [2.24, 2.45) is 5.92 Å². The average molecular weight is 407 g/mol. The van der Waals surface area contributed by atoms with Crippen LogP contribution in [0.5, 0.6) is 0 Å². The summed E-state index contributed by atoms with van der Waals surface area (Å²) in [6.07, 6.45) is 9.03. The number of aromatic nitrogens is 2. The van der Waals surface area contributed by atoms with Crippen LogP contribution in [0.25, 0.3) is 33.2 Å².